The molecule has 1 N–H and O–H groups in total. The Morgan fingerprint density at radius 3 is 2.60 bits per heavy atom. The van der Waals surface area contributed by atoms with Crippen molar-refractivity contribution in [1.82, 2.24) is 0 Å². The van der Waals surface area contributed by atoms with Gasteiger partial charge in [-0.3, -0.25) is 0 Å². The van der Waals surface area contributed by atoms with Gasteiger partial charge in [0.15, 0.2) is 0 Å². The van der Waals surface area contributed by atoms with E-state index in [0.29, 0.717) is 5.57 Å². The zero-order valence-corrected chi connectivity index (χ0v) is 6.18. The molecule has 0 unspecified atom stereocenters. The van der Waals surface area contributed by atoms with Crippen molar-refractivity contribution in [2.24, 2.45) is 0 Å². The van der Waals surface area contributed by atoms with Crippen molar-refractivity contribution in [1.29, 1.82) is 5.41 Å². The quantitative estimate of drug-likeness (QED) is 0.364. The molecule has 0 saturated carbocycles. The average Bonchev–Trinajstić information content (AvgIpc) is 1.99. The maximum Gasteiger partial charge on any atom is 0.339 e. The Labute approximate surface area is 60.2 Å². The molecular formula is C7H11NO2. The maximum absolute atomic E-state index is 10.7. The minimum Gasteiger partial charge on any atom is -0.465 e. The van der Waals surface area contributed by atoms with Gasteiger partial charge < -0.3 is 10.1 Å². The fourth-order valence-corrected chi connectivity index (χ4v) is 0.539. The van der Waals surface area contributed by atoms with Crippen LogP contribution in [0.4, 0.5) is 0 Å². The Balaban J connectivity index is 4.20. The van der Waals surface area contributed by atoms with E-state index in [4.69, 9.17) is 5.41 Å². The van der Waals surface area contributed by atoms with E-state index in [9.17, 15) is 4.79 Å². The van der Waals surface area contributed by atoms with Gasteiger partial charge in [0.2, 0.25) is 0 Å². The average molecular weight is 141 g/mol. The van der Waals surface area contributed by atoms with E-state index in [-0.39, 0.29) is 0 Å². The van der Waals surface area contributed by atoms with Gasteiger partial charge in [-0.1, -0.05) is 13.0 Å². The molecule has 0 aromatic heterocycles. The highest BCUT2D eigenvalue weighted by Crippen LogP contribution is 1.94. The third-order valence-electron chi connectivity index (χ3n) is 1.00. The van der Waals surface area contributed by atoms with Gasteiger partial charge >= 0.3 is 5.97 Å². The Kier molecular flexibility index (Phi) is 4.20. The number of hydrogen-bond donors (Lipinski definition) is 1. The summed E-state index contributed by atoms with van der Waals surface area (Å²) in [5, 5.41) is 6.80. The molecule has 0 saturated heterocycles. The Morgan fingerprint density at radius 2 is 2.30 bits per heavy atom. The summed E-state index contributed by atoms with van der Waals surface area (Å²) in [5.74, 6) is -0.447. The van der Waals surface area contributed by atoms with E-state index < -0.39 is 5.97 Å². The van der Waals surface area contributed by atoms with Crippen LogP contribution >= 0.6 is 0 Å². The van der Waals surface area contributed by atoms with Gasteiger partial charge in [0.25, 0.3) is 0 Å². The van der Waals surface area contributed by atoms with Crippen LogP contribution in [-0.2, 0) is 9.53 Å². The molecule has 0 heterocycles. The van der Waals surface area contributed by atoms with Crippen molar-refractivity contribution in [3.8, 4) is 0 Å². The molecule has 0 amide bonds. The van der Waals surface area contributed by atoms with Crippen LogP contribution in [0.3, 0.4) is 0 Å². The summed E-state index contributed by atoms with van der Waals surface area (Å²) < 4.78 is 4.40. The maximum atomic E-state index is 10.7. The van der Waals surface area contributed by atoms with E-state index in [1.807, 2.05) is 6.92 Å². The molecule has 0 spiro atoms. The molecule has 0 rings (SSSR count). The van der Waals surface area contributed by atoms with Crippen LogP contribution in [-0.4, -0.2) is 19.3 Å². The van der Waals surface area contributed by atoms with Crippen LogP contribution in [0.1, 0.15) is 13.3 Å². The van der Waals surface area contributed by atoms with Crippen LogP contribution in [0.25, 0.3) is 0 Å². The van der Waals surface area contributed by atoms with E-state index in [1.165, 1.54) is 7.11 Å². The molecule has 0 atom stereocenters. The highest BCUT2D eigenvalue weighted by molar-refractivity contribution is 6.08. The van der Waals surface area contributed by atoms with Crippen molar-refractivity contribution in [3.05, 3.63) is 11.6 Å². The number of carbonyl (C=O) groups is 1. The van der Waals surface area contributed by atoms with Gasteiger partial charge in [-0.25, -0.2) is 4.79 Å². The van der Waals surface area contributed by atoms with Crippen LogP contribution in [0.2, 0.25) is 0 Å². The Bertz CT molecular complexity index is 161. The van der Waals surface area contributed by atoms with Gasteiger partial charge in [0.1, 0.15) is 0 Å². The minimum absolute atomic E-state index is 0.310. The molecule has 3 heteroatoms. The molecule has 0 aliphatic rings. The van der Waals surface area contributed by atoms with Gasteiger partial charge in [-0.2, -0.15) is 0 Å². The molecule has 0 radical (unpaired) electrons. The first kappa shape index (κ1) is 8.88. The fourth-order valence-electron chi connectivity index (χ4n) is 0.539. The van der Waals surface area contributed by atoms with Gasteiger partial charge in [0.05, 0.1) is 12.7 Å². The lowest BCUT2D eigenvalue weighted by Gasteiger charge is -1.95. The zero-order valence-electron chi connectivity index (χ0n) is 6.18. The van der Waals surface area contributed by atoms with Crippen molar-refractivity contribution in [2.75, 3.05) is 7.11 Å². The number of esters is 1. The predicted octanol–water partition coefficient (Wildman–Crippen LogP) is 1.15. The summed E-state index contributed by atoms with van der Waals surface area (Å²) in [4.78, 5) is 10.7. The van der Waals surface area contributed by atoms with Crippen molar-refractivity contribution < 1.29 is 9.53 Å². The van der Waals surface area contributed by atoms with Crippen molar-refractivity contribution in [2.45, 2.75) is 13.3 Å². The number of nitrogens with one attached hydrogen (secondary N) is 1. The lowest BCUT2D eigenvalue weighted by atomic mass is 10.2. The van der Waals surface area contributed by atoms with Crippen molar-refractivity contribution >= 4 is 12.2 Å². The van der Waals surface area contributed by atoms with Crippen LogP contribution in [0.5, 0.6) is 0 Å². The summed E-state index contributed by atoms with van der Waals surface area (Å²) >= 11 is 0. The number of methoxy groups -OCH3 is 1. The van der Waals surface area contributed by atoms with Crippen molar-refractivity contribution in [3.63, 3.8) is 0 Å². The lowest BCUT2D eigenvalue weighted by molar-refractivity contribution is -0.135. The highest BCUT2D eigenvalue weighted by Gasteiger charge is 2.03. The first-order valence-corrected chi connectivity index (χ1v) is 3.05. The van der Waals surface area contributed by atoms with Gasteiger partial charge in [0, 0.05) is 6.21 Å². The summed E-state index contributed by atoms with van der Waals surface area (Å²) in [7, 11) is 1.30. The second-order valence-corrected chi connectivity index (χ2v) is 1.70. The SMILES string of the molecule is CC/C=C(/C=N)C(=O)OC. The van der Waals surface area contributed by atoms with E-state index in [1.54, 1.807) is 6.08 Å². The smallest absolute Gasteiger partial charge is 0.339 e. The van der Waals surface area contributed by atoms with E-state index in [2.05, 4.69) is 4.74 Å². The second kappa shape index (κ2) is 4.73. The topological polar surface area (TPSA) is 50.2 Å². The lowest BCUT2D eigenvalue weighted by Crippen LogP contribution is -2.04. The molecule has 0 fully saturated rings. The fraction of sp³-hybridized carbons (Fsp3) is 0.429. The molecule has 0 bridgehead atoms. The standard InChI is InChI=1S/C7H11NO2/c1-3-4-6(5-8)7(9)10-2/h4-5,8H,3H2,1-2H3/b6-4-,8-5?. The third kappa shape index (κ3) is 2.44. The predicted molar refractivity (Wildman–Crippen MR) is 39.2 cm³/mol. The number of carbonyl (C=O) groups excluding carboxylic acids is 1. The summed E-state index contributed by atoms with van der Waals surface area (Å²) in [6.45, 7) is 1.90. The first-order chi connectivity index (χ1) is 4.76. The van der Waals surface area contributed by atoms with Gasteiger partial charge in [-0.05, 0) is 6.42 Å². The molecular weight excluding hydrogens is 130 g/mol. The summed E-state index contributed by atoms with van der Waals surface area (Å²) in [6.07, 6.45) is 3.38. The zero-order chi connectivity index (χ0) is 7.98. The largest absolute Gasteiger partial charge is 0.465 e. The molecule has 3 nitrogen and oxygen atoms in total. The number of allylic oxidation sites excluding steroid dienone is 1. The second-order valence-electron chi connectivity index (χ2n) is 1.70. The van der Waals surface area contributed by atoms with Crippen LogP contribution in [0, 0.1) is 5.41 Å². The van der Waals surface area contributed by atoms with Crippen LogP contribution < -0.4 is 0 Å². The first-order valence-electron chi connectivity index (χ1n) is 3.05. The number of rotatable bonds is 3. The molecule has 0 aromatic carbocycles. The molecule has 0 aromatic rings. The Morgan fingerprint density at radius 1 is 1.70 bits per heavy atom. The number of ether oxygens (including phenoxy) is 1. The molecule has 56 valence electrons. The summed E-state index contributed by atoms with van der Waals surface area (Å²) in [6, 6.07) is 0. The molecule has 0 aliphatic heterocycles. The van der Waals surface area contributed by atoms with E-state index >= 15 is 0 Å². The summed E-state index contributed by atoms with van der Waals surface area (Å²) in [5.41, 5.74) is 0.310. The molecule has 0 aliphatic carbocycles. The van der Waals surface area contributed by atoms with E-state index in [0.717, 1.165) is 12.6 Å². The minimum atomic E-state index is -0.447. The monoisotopic (exact) mass is 141 g/mol. The van der Waals surface area contributed by atoms with Gasteiger partial charge in [-0.15, -0.1) is 0 Å². The highest BCUT2D eigenvalue weighted by atomic mass is 16.5. The Hall–Kier alpha value is -1.12. The molecule has 10 heavy (non-hydrogen) atoms. The third-order valence-corrected chi connectivity index (χ3v) is 1.00. The van der Waals surface area contributed by atoms with Crippen LogP contribution in [0.15, 0.2) is 11.6 Å². The normalized spacial score (nSPS) is 10.8. The number of hydrogen-bond acceptors (Lipinski definition) is 3.